The van der Waals surface area contributed by atoms with Gasteiger partial charge in [0.05, 0.1) is 27.9 Å². The molecular formula is C25H24Cl2F3N5O2S. The monoisotopic (exact) mass is 585 g/mol. The smallest absolute Gasteiger partial charge is 0.342 e. The normalized spacial score (nSPS) is 12.3. The molecule has 0 aliphatic heterocycles. The Bertz CT molecular complexity index is 1330. The summed E-state index contributed by atoms with van der Waals surface area (Å²) in [5.41, 5.74) is -0.584. The van der Waals surface area contributed by atoms with Crippen LogP contribution in [0.5, 0.6) is 0 Å². The Balaban J connectivity index is 1.76. The second-order valence-electron chi connectivity index (χ2n) is 8.47. The molecule has 1 atom stereocenters. The van der Waals surface area contributed by atoms with Gasteiger partial charge in [-0.05, 0) is 42.3 Å². The minimum Gasteiger partial charge on any atom is -0.342 e. The van der Waals surface area contributed by atoms with Crippen LogP contribution in [0, 0.1) is 5.92 Å². The number of amides is 2. The third-order valence-electron chi connectivity index (χ3n) is 5.27. The van der Waals surface area contributed by atoms with Gasteiger partial charge in [0, 0.05) is 17.3 Å². The van der Waals surface area contributed by atoms with Crippen molar-refractivity contribution in [3.8, 4) is 0 Å². The quantitative estimate of drug-likeness (QED) is 0.205. The first-order valence-corrected chi connectivity index (χ1v) is 13.0. The molecule has 38 heavy (non-hydrogen) atoms. The molecule has 1 heterocycles. The fourth-order valence-electron chi connectivity index (χ4n) is 3.46. The van der Waals surface area contributed by atoms with Gasteiger partial charge in [0.15, 0.2) is 11.0 Å². The number of nitrogens with zero attached hydrogens (tertiary/aromatic N) is 3. The van der Waals surface area contributed by atoms with Gasteiger partial charge in [0.2, 0.25) is 5.91 Å². The molecule has 202 valence electrons. The highest BCUT2D eigenvalue weighted by Crippen LogP contribution is 2.31. The van der Waals surface area contributed by atoms with Gasteiger partial charge < -0.3 is 15.2 Å². The molecule has 0 saturated carbocycles. The molecule has 1 aromatic heterocycles. The fourth-order valence-corrected chi connectivity index (χ4v) is 4.71. The predicted molar refractivity (Wildman–Crippen MR) is 143 cm³/mol. The molecule has 13 heteroatoms. The van der Waals surface area contributed by atoms with Crippen molar-refractivity contribution in [3.63, 3.8) is 0 Å². The molecule has 0 spiro atoms. The summed E-state index contributed by atoms with van der Waals surface area (Å²) in [5.74, 6) is -0.729. The van der Waals surface area contributed by atoms with Crippen molar-refractivity contribution >= 4 is 52.5 Å². The zero-order valence-electron chi connectivity index (χ0n) is 20.4. The zero-order chi connectivity index (χ0) is 28.0. The second-order valence-corrected chi connectivity index (χ2v) is 10.3. The molecule has 2 aromatic carbocycles. The van der Waals surface area contributed by atoms with Gasteiger partial charge >= 0.3 is 6.18 Å². The number of hydrogen-bond donors (Lipinski definition) is 2. The van der Waals surface area contributed by atoms with Gasteiger partial charge in [-0.15, -0.1) is 16.8 Å². The summed E-state index contributed by atoms with van der Waals surface area (Å²) in [5, 5.41) is 14.8. The van der Waals surface area contributed by atoms with Gasteiger partial charge in [0.25, 0.3) is 5.91 Å². The lowest BCUT2D eigenvalue weighted by Gasteiger charge is -2.23. The van der Waals surface area contributed by atoms with Gasteiger partial charge in [-0.2, -0.15) is 13.2 Å². The van der Waals surface area contributed by atoms with Crippen LogP contribution in [-0.4, -0.2) is 32.3 Å². The van der Waals surface area contributed by atoms with Gasteiger partial charge in [-0.25, -0.2) is 0 Å². The van der Waals surface area contributed by atoms with E-state index in [0.29, 0.717) is 22.5 Å². The Morgan fingerprint density at radius 1 is 1.16 bits per heavy atom. The fraction of sp³-hybridized carbons (Fsp3) is 0.280. The Labute approximate surface area is 231 Å². The van der Waals surface area contributed by atoms with Crippen molar-refractivity contribution < 1.29 is 22.8 Å². The molecule has 3 aromatic rings. The van der Waals surface area contributed by atoms with Crippen LogP contribution in [-0.2, 0) is 17.5 Å². The van der Waals surface area contributed by atoms with Crippen molar-refractivity contribution in [1.82, 2.24) is 20.1 Å². The third-order valence-corrected chi connectivity index (χ3v) is 6.78. The van der Waals surface area contributed by atoms with E-state index in [9.17, 15) is 22.8 Å². The number of aromatic nitrogens is 3. The molecule has 0 aliphatic rings. The number of carbonyl (C=O) groups excluding carboxylic acids is 2. The van der Waals surface area contributed by atoms with Crippen LogP contribution in [0.4, 0.5) is 18.9 Å². The molecule has 2 N–H and O–H groups in total. The summed E-state index contributed by atoms with van der Waals surface area (Å²) < 4.78 is 40.6. The molecule has 3 rings (SSSR count). The molecule has 7 nitrogen and oxygen atoms in total. The van der Waals surface area contributed by atoms with Crippen molar-refractivity contribution in [2.75, 3.05) is 11.1 Å². The molecule has 0 aliphatic carbocycles. The second kappa shape index (κ2) is 12.7. The minimum absolute atomic E-state index is 0.0297. The maximum Gasteiger partial charge on any atom is 0.416 e. The van der Waals surface area contributed by atoms with Crippen LogP contribution < -0.4 is 10.6 Å². The summed E-state index contributed by atoms with van der Waals surface area (Å²) >= 11 is 13.2. The lowest BCUT2D eigenvalue weighted by molar-refractivity contribution is -0.137. The van der Waals surface area contributed by atoms with Crippen molar-refractivity contribution in [3.05, 3.63) is 82.1 Å². The summed E-state index contributed by atoms with van der Waals surface area (Å²) in [4.78, 5) is 25.4. The Hall–Kier alpha value is -3.02. The number of hydrogen-bond acceptors (Lipinski definition) is 5. The molecule has 0 unspecified atom stereocenters. The number of carbonyl (C=O) groups is 2. The van der Waals surface area contributed by atoms with E-state index in [0.717, 1.165) is 23.9 Å². The highest BCUT2D eigenvalue weighted by molar-refractivity contribution is 7.99. The highest BCUT2D eigenvalue weighted by atomic mass is 35.5. The number of rotatable bonds is 10. The number of halogens is 5. The summed E-state index contributed by atoms with van der Waals surface area (Å²) in [6.45, 7) is 7.85. The Kier molecular flexibility index (Phi) is 9.86. The number of nitrogens with one attached hydrogen (secondary N) is 2. The first-order valence-electron chi connectivity index (χ1n) is 11.3. The topological polar surface area (TPSA) is 88.9 Å². The minimum atomic E-state index is -4.52. The van der Waals surface area contributed by atoms with E-state index in [1.807, 2.05) is 13.8 Å². The number of allylic oxidation sites excluding steroid dienone is 1. The lowest BCUT2D eigenvalue weighted by Crippen LogP contribution is -2.34. The zero-order valence-corrected chi connectivity index (χ0v) is 22.7. The van der Waals surface area contributed by atoms with Crippen LogP contribution in [0.3, 0.4) is 0 Å². The molecular weight excluding hydrogens is 562 g/mol. The van der Waals surface area contributed by atoms with Crippen LogP contribution in [0.25, 0.3) is 0 Å². The SMILES string of the molecule is C=CCn1c(SCC(=O)Nc2cccc(C(F)(F)F)c2)nnc1[C@H](NC(=O)c1ccc(Cl)cc1Cl)C(C)C. The van der Waals surface area contributed by atoms with Crippen LogP contribution in [0.15, 0.2) is 60.3 Å². The standard InChI is InChI=1S/C25H24Cl2F3N5O2S/c1-4-10-35-22(21(14(2)3)32-23(37)18-9-8-16(26)12-19(18)27)33-34-24(35)38-13-20(36)31-17-7-5-6-15(11-17)25(28,29)30/h4-9,11-12,14,21H,1,10,13H2,2-3H3,(H,31,36)(H,32,37)/t21-/m1/s1. The van der Waals surface area contributed by atoms with E-state index in [1.165, 1.54) is 24.3 Å². The lowest BCUT2D eigenvalue weighted by atomic mass is 10.0. The number of benzene rings is 2. The third kappa shape index (κ3) is 7.52. The molecule has 0 fully saturated rings. The van der Waals surface area contributed by atoms with E-state index in [4.69, 9.17) is 23.2 Å². The average molecular weight is 586 g/mol. The van der Waals surface area contributed by atoms with Crippen molar-refractivity contribution in [2.24, 2.45) is 5.92 Å². The summed E-state index contributed by atoms with van der Waals surface area (Å²) in [6, 6.07) is 8.38. The first kappa shape index (κ1) is 29.5. The molecule has 0 bridgehead atoms. The maximum atomic E-state index is 13.0. The van der Waals surface area contributed by atoms with Gasteiger partial charge in [0.1, 0.15) is 0 Å². The first-order chi connectivity index (χ1) is 17.9. The molecule has 0 saturated heterocycles. The van der Waals surface area contributed by atoms with Crippen molar-refractivity contribution in [2.45, 2.75) is 37.8 Å². The highest BCUT2D eigenvalue weighted by Gasteiger charge is 2.31. The van der Waals surface area contributed by atoms with Crippen LogP contribution in [0.1, 0.15) is 41.6 Å². The summed E-state index contributed by atoms with van der Waals surface area (Å²) in [7, 11) is 0. The Morgan fingerprint density at radius 3 is 2.53 bits per heavy atom. The Morgan fingerprint density at radius 2 is 1.89 bits per heavy atom. The average Bonchev–Trinajstić information content (AvgIpc) is 3.22. The van der Waals surface area contributed by atoms with Crippen molar-refractivity contribution in [1.29, 1.82) is 0 Å². The number of alkyl halides is 3. The van der Waals surface area contributed by atoms with Crippen LogP contribution >= 0.6 is 35.0 Å². The van der Waals surface area contributed by atoms with Gasteiger partial charge in [-0.3, -0.25) is 9.59 Å². The van der Waals surface area contributed by atoms with E-state index < -0.39 is 29.6 Å². The largest absolute Gasteiger partial charge is 0.416 e. The molecule has 0 radical (unpaired) electrons. The number of anilines is 1. The van der Waals surface area contributed by atoms with E-state index >= 15 is 0 Å². The number of thioether (sulfide) groups is 1. The van der Waals surface area contributed by atoms with E-state index in [1.54, 1.807) is 16.7 Å². The maximum absolute atomic E-state index is 13.0. The predicted octanol–water partition coefficient (Wildman–Crippen LogP) is 6.65. The van der Waals surface area contributed by atoms with E-state index in [-0.39, 0.29) is 27.9 Å². The van der Waals surface area contributed by atoms with E-state index in [2.05, 4.69) is 27.4 Å². The molecule has 2 amide bonds. The summed E-state index contributed by atoms with van der Waals surface area (Å²) in [6.07, 6.45) is -2.90. The van der Waals surface area contributed by atoms with Gasteiger partial charge in [-0.1, -0.05) is 61.0 Å². The van der Waals surface area contributed by atoms with Crippen LogP contribution in [0.2, 0.25) is 10.0 Å².